The summed E-state index contributed by atoms with van der Waals surface area (Å²) in [6.07, 6.45) is 8.98. The Morgan fingerprint density at radius 3 is 2.59 bits per heavy atom. The number of rotatable bonds is 12. The third-order valence-corrected chi connectivity index (χ3v) is 14.4. The van der Waals surface area contributed by atoms with E-state index in [2.05, 4.69) is 55.8 Å². The quantitative estimate of drug-likeness (QED) is 0.0801. The Bertz CT molecular complexity index is 2710. The Hall–Kier alpha value is -5.68. The summed E-state index contributed by atoms with van der Waals surface area (Å²) in [5.41, 5.74) is 5.37. The van der Waals surface area contributed by atoms with E-state index in [-0.39, 0.29) is 40.8 Å². The van der Waals surface area contributed by atoms with Gasteiger partial charge in [-0.2, -0.15) is 0 Å². The summed E-state index contributed by atoms with van der Waals surface area (Å²) in [5, 5.41) is 17.0. The molecule has 64 heavy (non-hydrogen) atoms. The second-order valence-electron chi connectivity index (χ2n) is 18.0. The van der Waals surface area contributed by atoms with E-state index in [1.165, 1.54) is 35.0 Å². The summed E-state index contributed by atoms with van der Waals surface area (Å²) in [4.78, 5) is 37.4. The molecule has 2 saturated heterocycles. The topological polar surface area (TPSA) is 181 Å². The molecule has 0 bridgehead atoms. The number of hydrogen-bond acceptors (Lipinski definition) is 12. The number of allylic oxidation sites excluding steroid dienone is 1. The fraction of sp³-hybridized carbons (Fsp3) is 0.404. The molecule has 5 heterocycles. The minimum atomic E-state index is -4.65. The van der Waals surface area contributed by atoms with Crippen LogP contribution in [0.25, 0.3) is 16.6 Å². The number of nitro benzene ring substituents is 1. The first-order valence-corrected chi connectivity index (χ1v) is 23.7. The zero-order valence-electron chi connectivity index (χ0n) is 35.9. The third kappa shape index (κ3) is 9.70. The maximum atomic E-state index is 14.1. The minimum absolute atomic E-state index is 0.0211. The van der Waals surface area contributed by atoms with Crippen LogP contribution < -0.4 is 24.4 Å². The molecule has 3 aliphatic heterocycles. The summed E-state index contributed by atoms with van der Waals surface area (Å²) in [6, 6.07) is 18.8. The molecule has 15 nitrogen and oxygen atoms in total. The number of H-pyrrole nitrogens is 1. The van der Waals surface area contributed by atoms with Gasteiger partial charge in [0.1, 0.15) is 23.8 Å². The lowest BCUT2D eigenvalue weighted by atomic mass is 9.72. The largest absolute Gasteiger partial charge is 0.489 e. The molecule has 0 spiro atoms. The van der Waals surface area contributed by atoms with Gasteiger partial charge in [0.2, 0.25) is 0 Å². The van der Waals surface area contributed by atoms with Gasteiger partial charge in [-0.15, -0.1) is 0 Å². The van der Waals surface area contributed by atoms with Crippen LogP contribution >= 0.6 is 11.6 Å². The zero-order valence-corrected chi connectivity index (χ0v) is 37.5. The molecule has 1 aliphatic carbocycles. The molecule has 1 amide bonds. The number of amides is 1. The average Bonchev–Trinajstić information content (AvgIpc) is 3.75. The van der Waals surface area contributed by atoms with Crippen molar-refractivity contribution in [2.24, 2.45) is 11.3 Å². The Labute approximate surface area is 377 Å². The number of ether oxygens (including phenoxy) is 3. The predicted octanol–water partition coefficient (Wildman–Crippen LogP) is 8.81. The average molecular weight is 910 g/mol. The van der Waals surface area contributed by atoms with Crippen molar-refractivity contribution in [3.8, 4) is 17.2 Å². The SMILES string of the molecule is CC1(C)CCC(CN2CCN(c3ccc(C(=O)NS(=O)(=O)c4cc5c(c([N+](=O)[O-])c4)N[C@H](CC4CCOCC4)CO5)c(Oc4cnc5[nH]ccc5c4)c3)CC2)=C(c2ccc(Cl)cc2)C1. The van der Waals surface area contributed by atoms with Gasteiger partial charge in [0.15, 0.2) is 11.4 Å². The molecule has 3 N–H and O–H groups in total. The number of carbonyl (C=O) groups excluding carboxylic acids is 1. The molecule has 2 aromatic heterocycles. The van der Waals surface area contributed by atoms with Crippen LogP contribution in [-0.4, -0.2) is 92.7 Å². The van der Waals surface area contributed by atoms with Crippen molar-refractivity contribution >= 4 is 61.2 Å². The van der Waals surface area contributed by atoms with Crippen LogP contribution in [0.4, 0.5) is 17.1 Å². The van der Waals surface area contributed by atoms with E-state index >= 15 is 0 Å². The van der Waals surface area contributed by atoms with Crippen molar-refractivity contribution in [3.05, 3.63) is 111 Å². The molecule has 4 aliphatic rings. The molecule has 17 heteroatoms. The number of nitrogens with one attached hydrogen (secondary N) is 3. The number of pyridine rings is 1. The van der Waals surface area contributed by atoms with Gasteiger partial charge in [-0.1, -0.05) is 43.2 Å². The summed E-state index contributed by atoms with van der Waals surface area (Å²) in [5.74, 6) is -0.113. The number of carbonyl (C=O) groups is 1. The van der Waals surface area contributed by atoms with Crippen molar-refractivity contribution in [1.82, 2.24) is 19.6 Å². The first-order chi connectivity index (χ1) is 30.8. The maximum Gasteiger partial charge on any atom is 0.297 e. The Kier molecular flexibility index (Phi) is 12.3. The monoisotopic (exact) mass is 909 g/mol. The first-order valence-electron chi connectivity index (χ1n) is 21.8. The number of aromatic amines is 1. The van der Waals surface area contributed by atoms with E-state index < -0.39 is 31.4 Å². The molecule has 336 valence electrons. The summed E-state index contributed by atoms with van der Waals surface area (Å²) >= 11 is 6.25. The molecule has 0 unspecified atom stereocenters. The van der Waals surface area contributed by atoms with Gasteiger partial charge in [-0.25, -0.2) is 18.1 Å². The smallest absolute Gasteiger partial charge is 0.297 e. The number of piperazine rings is 1. The number of aromatic nitrogens is 2. The lowest BCUT2D eigenvalue weighted by Crippen LogP contribution is -2.47. The van der Waals surface area contributed by atoms with E-state index in [0.29, 0.717) is 30.5 Å². The highest BCUT2D eigenvalue weighted by molar-refractivity contribution is 7.90. The van der Waals surface area contributed by atoms with Crippen LogP contribution in [0.2, 0.25) is 5.02 Å². The number of nitrogens with zero attached hydrogens (tertiary/aromatic N) is 4. The van der Waals surface area contributed by atoms with Crippen molar-refractivity contribution in [2.45, 2.75) is 63.3 Å². The lowest BCUT2D eigenvalue weighted by Gasteiger charge is -2.39. The fourth-order valence-electron chi connectivity index (χ4n) is 9.30. The molecule has 0 radical (unpaired) electrons. The lowest BCUT2D eigenvalue weighted by molar-refractivity contribution is -0.384. The molecule has 0 saturated carbocycles. The number of benzene rings is 3. The maximum absolute atomic E-state index is 14.1. The normalized spacial score (nSPS) is 19.4. The molecule has 2 fully saturated rings. The fourth-order valence-corrected chi connectivity index (χ4v) is 10.4. The second-order valence-corrected chi connectivity index (χ2v) is 20.1. The molecular weight excluding hydrogens is 858 g/mol. The van der Waals surface area contributed by atoms with Crippen LogP contribution in [0.5, 0.6) is 17.2 Å². The van der Waals surface area contributed by atoms with Gasteiger partial charge < -0.3 is 29.4 Å². The summed E-state index contributed by atoms with van der Waals surface area (Å²) < 4.78 is 47.7. The molecule has 9 rings (SSSR count). The van der Waals surface area contributed by atoms with Crippen LogP contribution in [0.3, 0.4) is 0 Å². The van der Waals surface area contributed by atoms with Gasteiger partial charge in [-0.05, 0) is 97.4 Å². The molecule has 1 atom stereocenters. The molecular formula is C47H52ClN7O8S. The van der Waals surface area contributed by atoms with Crippen LogP contribution in [0.1, 0.15) is 68.3 Å². The number of nitro groups is 1. The molecule has 5 aromatic rings. The Balaban J connectivity index is 0.938. The first kappa shape index (κ1) is 43.6. The Morgan fingerprint density at radius 1 is 1.05 bits per heavy atom. The van der Waals surface area contributed by atoms with Crippen molar-refractivity contribution in [1.29, 1.82) is 0 Å². The summed E-state index contributed by atoms with van der Waals surface area (Å²) in [6.45, 7) is 10.1. The summed E-state index contributed by atoms with van der Waals surface area (Å²) in [7, 11) is -4.65. The van der Waals surface area contributed by atoms with E-state index in [4.69, 9.17) is 25.8 Å². The van der Waals surface area contributed by atoms with Crippen LogP contribution in [-0.2, 0) is 14.8 Å². The van der Waals surface area contributed by atoms with Crippen molar-refractivity contribution in [2.75, 3.05) is 62.8 Å². The van der Waals surface area contributed by atoms with Gasteiger partial charge in [0.05, 0.1) is 27.6 Å². The second kappa shape index (κ2) is 18.1. The molecule has 3 aromatic carbocycles. The highest BCUT2D eigenvalue weighted by atomic mass is 35.5. The van der Waals surface area contributed by atoms with Crippen LogP contribution in [0.15, 0.2) is 89.6 Å². The van der Waals surface area contributed by atoms with E-state index in [1.54, 1.807) is 24.4 Å². The number of anilines is 2. The van der Waals surface area contributed by atoms with Gasteiger partial charge in [-0.3, -0.25) is 19.8 Å². The minimum Gasteiger partial charge on any atom is -0.489 e. The van der Waals surface area contributed by atoms with E-state index in [1.807, 2.05) is 18.2 Å². The highest BCUT2D eigenvalue weighted by Crippen LogP contribution is 2.44. The van der Waals surface area contributed by atoms with Gasteiger partial charge in [0, 0.05) is 86.4 Å². The van der Waals surface area contributed by atoms with Crippen molar-refractivity contribution < 1.29 is 32.3 Å². The standard InChI is InChI=1S/C47H52ClN7O8S/c1-47(2)13-9-33(40(26-47)31-3-5-34(48)6-4-31)28-53-15-17-54(18-16-53)36-7-8-39(42(23-36)63-37-22-32-10-14-49-45(32)50-27-37)46(56)52-64(59,60)38-24-41(55(57)58)44-43(25-38)62-29-35(51-44)21-30-11-19-61-20-12-30/h3-8,10,14,22-25,27,30,35,51H,9,11-13,15-21,26,28-29H2,1-2H3,(H,49,50)(H,52,56)/t35-/m1/s1. The number of halogens is 1. The van der Waals surface area contributed by atoms with E-state index in [9.17, 15) is 23.3 Å². The number of sulfonamides is 1. The Morgan fingerprint density at radius 2 is 1.83 bits per heavy atom. The number of hydrogen-bond donors (Lipinski definition) is 3. The predicted molar refractivity (Wildman–Crippen MR) is 246 cm³/mol. The zero-order chi connectivity index (χ0) is 44.6. The van der Waals surface area contributed by atoms with E-state index in [0.717, 1.165) is 93.4 Å². The van der Waals surface area contributed by atoms with Crippen molar-refractivity contribution in [3.63, 3.8) is 0 Å². The van der Waals surface area contributed by atoms with Crippen LogP contribution in [0, 0.1) is 21.4 Å². The van der Waals surface area contributed by atoms with Gasteiger partial charge in [0.25, 0.3) is 21.6 Å². The highest BCUT2D eigenvalue weighted by Gasteiger charge is 2.34. The third-order valence-electron chi connectivity index (χ3n) is 12.9. The van der Waals surface area contributed by atoms with Gasteiger partial charge >= 0.3 is 0 Å². The number of fused-ring (bicyclic) bond motifs is 2.